The van der Waals surface area contributed by atoms with E-state index in [-0.39, 0.29) is 18.2 Å². The minimum absolute atomic E-state index is 0.0410. The number of hydrogen-bond donors (Lipinski definition) is 1. The van der Waals surface area contributed by atoms with Gasteiger partial charge in [-0.05, 0) is 36.6 Å². The first-order valence-corrected chi connectivity index (χ1v) is 10.3. The van der Waals surface area contributed by atoms with Crippen molar-refractivity contribution in [2.24, 2.45) is 0 Å². The Labute approximate surface area is 178 Å². The van der Waals surface area contributed by atoms with Gasteiger partial charge in [-0.25, -0.2) is 0 Å². The zero-order valence-corrected chi connectivity index (χ0v) is 17.4. The molecule has 0 fully saturated rings. The highest BCUT2D eigenvalue weighted by molar-refractivity contribution is 5.94. The van der Waals surface area contributed by atoms with Crippen LogP contribution in [0.4, 0.5) is 0 Å². The quantitative estimate of drug-likeness (QED) is 0.579. The smallest absolute Gasteiger partial charge is 0.251 e. The van der Waals surface area contributed by atoms with Gasteiger partial charge in [-0.15, -0.1) is 0 Å². The first kappa shape index (κ1) is 21.3. The molecule has 30 heavy (non-hydrogen) atoms. The van der Waals surface area contributed by atoms with E-state index in [9.17, 15) is 9.59 Å². The fourth-order valence-corrected chi connectivity index (χ4v) is 3.33. The predicted molar refractivity (Wildman–Crippen MR) is 120 cm³/mol. The number of carbonyl (C=O) groups excluding carboxylic acids is 2. The Morgan fingerprint density at radius 2 is 1.50 bits per heavy atom. The van der Waals surface area contributed by atoms with E-state index in [2.05, 4.69) is 17.4 Å². The highest BCUT2D eigenvalue weighted by atomic mass is 16.2. The lowest BCUT2D eigenvalue weighted by Gasteiger charge is -2.23. The molecule has 0 saturated carbocycles. The molecule has 0 atom stereocenters. The average molecular weight is 401 g/mol. The van der Waals surface area contributed by atoms with E-state index in [1.807, 2.05) is 78.6 Å². The van der Waals surface area contributed by atoms with Crippen LogP contribution in [0.1, 0.15) is 33.5 Å². The lowest BCUT2D eigenvalue weighted by molar-refractivity contribution is -0.131. The molecule has 0 aromatic heterocycles. The number of rotatable bonds is 9. The third-order valence-electron chi connectivity index (χ3n) is 4.99. The monoisotopic (exact) mass is 400 g/mol. The predicted octanol–water partition coefficient (Wildman–Crippen LogP) is 4.39. The summed E-state index contributed by atoms with van der Waals surface area (Å²) >= 11 is 0. The molecule has 154 valence electrons. The first-order valence-electron chi connectivity index (χ1n) is 10.3. The zero-order valence-electron chi connectivity index (χ0n) is 17.4. The van der Waals surface area contributed by atoms with Crippen LogP contribution in [0.5, 0.6) is 0 Å². The van der Waals surface area contributed by atoms with Crippen LogP contribution in [0.25, 0.3) is 0 Å². The maximum absolute atomic E-state index is 12.9. The van der Waals surface area contributed by atoms with Crippen molar-refractivity contribution in [3.05, 3.63) is 107 Å². The van der Waals surface area contributed by atoms with E-state index in [1.165, 1.54) is 5.56 Å². The second-order valence-corrected chi connectivity index (χ2v) is 7.41. The summed E-state index contributed by atoms with van der Waals surface area (Å²) in [6, 6.07) is 27.6. The summed E-state index contributed by atoms with van der Waals surface area (Å²) in [5.41, 5.74) is 3.96. The second-order valence-electron chi connectivity index (χ2n) is 7.41. The summed E-state index contributed by atoms with van der Waals surface area (Å²) in [7, 11) is 0. The number of carbonyl (C=O) groups is 2. The molecule has 0 radical (unpaired) electrons. The third kappa shape index (κ3) is 6.59. The summed E-state index contributed by atoms with van der Waals surface area (Å²) in [5.74, 6) is -0.107. The molecule has 2 amide bonds. The number of amides is 2. The first-order chi connectivity index (χ1) is 14.6. The highest BCUT2D eigenvalue weighted by Crippen LogP contribution is 2.09. The van der Waals surface area contributed by atoms with Crippen LogP contribution in [-0.2, 0) is 17.8 Å². The molecular formula is C26H28N2O2. The lowest BCUT2D eigenvalue weighted by Crippen LogP contribution is -2.35. The molecule has 0 saturated heterocycles. The van der Waals surface area contributed by atoms with Gasteiger partial charge in [0.15, 0.2) is 0 Å². The number of aryl methyl sites for hydroxylation is 1. The van der Waals surface area contributed by atoms with Crippen LogP contribution < -0.4 is 5.32 Å². The van der Waals surface area contributed by atoms with E-state index in [4.69, 9.17) is 0 Å². The number of hydrogen-bond acceptors (Lipinski definition) is 2. The largest absolute Gasteiger partial charge is 0.352 e. The molecule has 4 nitrogen and oxygen atoms in total. The Morgan fingerprint density at radius 3 is 2.17 bits per heavy atom. The molecule has 4 heteroatoms. The van der Waals surface area contributed by atoms with E-state index < -0.39 is 0 Å². The average Bonchev–Trinajstić information content (AvgIpc) is 2.78. The molecule has 0 aliphatic carbocycles. The van der Waals surface area contributed by atoms with Crippen LogP contribution in [-0.4, -0.2) is 29.8 Å². The maximum atomic E-state index is 12.9. The van der Waals surface area contributed by atoms with Crippen LogP contribution in [0.3, 0.4) is 0 Å². The van der Waals surface area contributed by atoms with Gasteiger partial charge in [-0.2, -0.15) is 0 Å². The van der Waals surface area contributed by atoms with Gasteiger partial charge < -0.3 is 10.2 Å². The van der Waals surface area contributed by atoms with Crippen molar-refractivity contribution in [3.8, 4) is 0 Å². The fraction of sp³-hybridized carbons (Fsp3) is 0.231. The van der Waals surface area contributed by atoms with E-state index >= 15 is 0 Å². The summed E-state index contributed by atoms with van der Waals surface area (Å²) in [5, 5.41) is 2.86. The Bertz CT molecular complexity index is 955. The molecular weight excluding hydrogens is 372 g/mol. The SMILES string of the molecule is Cc1cccc(C(=O)NCCC(=O)N(CCc2ccccc2)Cc2ccccc2)c1. The molecule has 1 N–H and O–H groups in total. The van der Waals surface area contributed by atoms with Crippen LogP contribution >= 0.6 is 0 Å². The topological polar surface area (TPSA) is 49.4 Å². The van der Waals surface area contributed by atoms with Gasteiger partial charge in [0.05, 0.1) is 0 Å². The molecule has 3 aromatic carbocycles. The van der Waals surface area contributed by atoms with Gasteiger partial charge in [0.25, 0.3) is 5.91 Å². The molecule has 0 spiro atoms. The van der Waals surface area contributed by atoms with Gasteiger partial charge in [0.1, 0.15) is 0 Å². The fourth-order valence-electron chi connectivity index (χ4n) is 3.33. The Hall–Kier alpha value is -3.40. The van der Waals surface area contributed by atoms with Crippen molar-refractivity contribution in [1.29, 1.82) is 0 Å². The van der Waals surface area contributed by atoms with Crippen LogP contribution in [0.2, 0.25) is 0 Å². The molecule has 3 rings (SSSR count). The van der Waals surface area contributed by atoms with Gasteiger partial charge in [-0.1, -0.05) is 78.4 Å². The highest BCUT2D eigenvalue weighted by Gasteiger charge is 2.15. The van der Waals surface area contributed by atoms with Crippen molar-refractivity contribution in [2.75, 3.05) is 13.1 Å². The zero-order chi connectivity index (χ0) is 21.2. The molecule has 0 unspecified atom stereocenters. The van der Waals surface area contributed by atoms with Crippen molar-refractivity contribution >= 4 is 11.8 Å². The maximum Gasteiger partial charge on any atom is 0.251 e. The van der Waals surface area contributed by atoms with Crippen molar-refractivity contribution in [3.63, 3.8) is 0 Å². The van der Waals surface area contributed by atoms with Gasteiger partial charge in [0.2, 0.25) is 5.91 Å². The molecule has 0 bridgehead atoms. The molecule has 0 heterocycles. The van der Waals surface area contributed by atoms with Gasteiger partial charge in [0, 0.05) is 31.6 Å². The van der Waals surface area contributed by atoms with Crippen LogP contribution in [0.15, 0.2) is 84.9 Å². The standard InChI is InChI=1S/C26H28N2O2/c1-21-9-8-14-24(19-21)26(30)27-17-15-25(29)28(20-23-12-6-3-7-13-23)18-16-22-10-4-2-5-11-22/h2-14,19H,15-18,20H2,1H3,(H,27,30). The van der Waals surface area contributed by atoms with Crippen molar-refractivity contribution in [2.45, 2.75) is 26.3 Å². The number of nitrogens with one attached hydrogen (secondary N) is 1. The van der Waals surface area contributed by atoms with E-state index in [0.29, 0.717) is 25.2 Å². The summed E-state index contributed by atoms with van der Waals surface area (Å²) in [6.45, 7) is 3.48. The Balaban J connectivity index is 1.57. The number of benzene rings is 3. The minimum atomic E-state index is -0.148. The van der Waals surface area contributed by atoms with E-state index in [0.717, 1.165) is 17.5 Å². The Kier molecular flexibility index (Phi) is 7.78. The summed E-state index contributed by atoms with van der Waals surface area (Å²) in [4.78, 5) is 27.1. The van der Waals surface area contributed by atoms with Gasteiger partial charge in [-0.3, -0.25) is 9.59 Å². The number of nitrogens with zero attached hydrogens (tertiary/aromatic N) is 1. The van der Waals surface area contributed by atoms with Crippen molar-refractivity contribution < 1.29 is 9.59 Å². The summed E-state index contributed by atoms with van der Waals surface area (Å²) in [6.07, 6.45) is 1.08. The van der Waals surface area contributed by atoms with Crippen molar-refractivity contribution in [1.82, 2.24) is 10.2 Å². The third-order valence-corrected chi connectivity index (χ3v) is 4.99. The van der Waals surface area contributed by atoms with Crippen LogP contribution in [0, 0.1) is 6.92 Å². The minimum Gasteiger partial charge on any atom is -0.352 e. The van der Waals surface area contributed by atoms with Gasteiger partial charge >= 0.3 is 0 Å². The lowest BCUT2D eigenvalue weighted by atomic mass is 10.1. The second kappa shape index (κ2) is 11.0. The molecule has 0 aliphatic heterocycles. The summed E-state index contributed by atoms with van der Waals surface area (Å²) < 4.78 is 0. The normalized spacial score (nSPS) is 10.4. The molecule has 3 aromatic rings. The van der Waals surface area contributed by atoms with E-state index in [1.54, 1.807) is 6.07 Å². The Morgan fingerprint density at radius 1 is 0.833 bits per heavy atom. The molecule has 0 aliphatic rings.